The van der Waals surface area contributed by atoms with Crippen molar-refractivity contribution in [3.05, 3.63) is 65.2 Å². The molecule has 0 spiro atoms. The minimum Gasteiger partial charge on any atom is -0.388 e. The van der Waals surface area contributed by atoms with Crippen LogP contribution in [0.15, 0.2) is 48.5 Å². The van der Waals surface area contributed by atoms with Crippen LogP contribution in [-0.4, -0.2) is 32.9 Å². The molecule has 1 aliphatic carbocycles. The van der Waals surface area contributed by atoms with Crippen LogP contribution in [0.25, 0.3) is 0 Å². The minimum absolute atomic E-state index is 0.242. The van der Waals surface area contributed by atoms with Gasteiger partial charge in [-0.05, 0) is 54.6 Å². The van der Waals surface area contributed by atoms with E-state index < -0.39 is 16.1 Å². The molecule has 3 rings (SSSR count). The van der Waals surface area contributed by atoms with Gasteiger partial charge < -0.3 is 10.4 Å². The van der Waals surface area contributed by atoms with E-state index in [9.17, 15) is 13.5 Å². The Balaban J connectivity index is 1.45. The summed E-state index contributed by atoms with van der Waals surface area (Å²) in [6.45, 7) is 1.62. The van der Waals surface area contributed by atoms with Gasteiger partial charge >= 0.3 is 0 Å². The zero-order valence-electron chi connectivity index (χ0n) is 15.0. The summed E-state index contributed by atoms with van der Waals surface area (Å²) in [7, 11) is -3.24. The van der Waals surface area contributed by atoms with Crippen molar-refractivity contribution in [2.24, 2.45) is 5.92 Å². The minimum atomic E-state index is -3.24. The summed E-state index contributed by atoms with van der Waals surface area (Å²) in [5.74, 6) is 0.242. The van der Waals surface area contributed by atoms with E-state index in [1.165, 1.54) is 5.56 Å². The lowest BCUT2D eigenvalue weighted by atomic mass is 9.81. The van der Waals surface area contributed by atoms with E-state index in [4.69, 9.17) is 0 Å². The molecule has 0 saturated heterocycles. The highest BCUT2D eigenvalue weighted by Gasteiger charge is 2.26. The van der Waals surface area contributed by atoms with Gasteiger partial charge in [0.15, 0.2) is 0 Å². The Morgan fingerprint density at radius 2 is 1.85 bits per heavy atom. The molecule has 0 saturated carbocycles. The SMILES string of the molecule is CS(=O)(=O)Nc1ccc(CCNC[C@H]2CCc3ccccc3[C@H]2O)cc1. The molecular formula is C20H26N2O3S. The fourth-order valence-corrected chi connectivity index (χ4v) is 4.05. The molecule has 5 nitrogen and oxygen atoms in total. The topological polar surface area (TPSA) is 78.4 Å². The predicted molar refractivity (Wildman–Crippen MR) is 105 cm³/mol. The van der Waals surface area contributed by atoms with Crippen LogP contribution in [0, 0.1) is 5.92 Å². The number of hydrogen-bond donors (Lipinski definition) is 3. The standard InChI is InChI=1S/C20H26N2O3S/c1-26(24,25)22-18-10-6-15(7-11-18)12-13-21-14-17-9-8-16-4-2-3-5-19(16)20(17)23/h2-7,10-11,17,20-23H,8-9,12-14H2,1H3/t17-,20+/m1/s1. The van der Waals surface area contributed by atoms with Crippen molar-refractivity contribution in [2.75, 3.05) is 24.1 Å². The number of nitrogens with one attached hydrogen (secondary N) is 2. The molecule has 0 aliphatic heterocycles. The van der Waals surface area contributed by atoms with Crippen LogP contribution in [0.1, 0.15) is 29.2 Å². The highest BCUT2D eigenvalue weighted by atomic mass is 32.2. The zero-order valence-corrected chi connectivity index (χ0v) is 15.8. The second-order valence-electron chi connectivity index (χ2n) is 6.97. The summed E-state index contributed by atoms with van der Waals surface area (Å²) >= 11 is 0. The molecule has 2 atom stereocenters. The highest BCUT2D eigenvalue weighted by molar-refractivity contribution is 7.92. The van der Waals surface area contributed by atoms with Gasteiger partial charge in [-0.3, -0.25) is 4.72 Å². The molecule has 6 heteroatoms. The number of aliphatic hydroxyl groups excluding tert-OH is 1. The molecule has 0 unspecified atom stereocenters. The highest BCUT2D eigenvalue weighted by Crippen LogP contribution is 2.33. The van der Waals surface area contributed by atoms with Crippen LogP contribution in [0.4, 0.5) is 5.69 Å². The summed E-state index contributed by atoms with van der Waals surface area (Å²) in [5.41, 5.74) is 4.05. The van der Waals surface area contributed by atoms with E-state index in [2.05, 4.69) is 16.1 Å². The molecule has 0 aromatic heterocycles. The van der Waals surface area contributed by atoms with Crippen molar-refractivity contribution in [3.63, 3.8) is 0 Å². The van der Waals surface area contributed by atoms with Gasteiger partial charge in [-0.1, -0.05) is 36.4 Å². The number of hydrogen-bond acceptors (Lipinski definition) is 4. The molecule has 3 N–H and O–H groups in total. The zero-order chi connectivity index (χ0) is 18.6. The maximum absolute atomic E-state index is 11.2. The van der Waals surface area contributed by atoms with Crippen LogP contribution in [0.5, 0.6) is 0 Å². The van der Waals surface area contributed by atoms with Gasteiger partial charge in [0.25, 0.3) is 0 Å². The fourth-order valence-electron chi connectivity index (χ4n) is 3.49. The van der Waals surface area contributed by atoms with E-state index in [0.29, 0.717) is 5.69 Å². The van der Waals surface area contributed by atoms with E-state index in [1.807, 2.05) is 30.3 Å². The quantitative estimate of drug-likeness (QED) is 0.651. The lowest BCUT2D eigenvalue weighted by Gasteiger charge is -2.30. The number of aliphatic hydroxyl groups is 1. The Hall–Kier alpha value is -1.89. The van der Waals surface area contributed by atoms with Gasteiger partial charge in [-0.15, -0.1) is 0 Å². The number of rotatable bonds is 7. The van der Waals surface area contributed by atoms with Gasteiger partial charge in [-0.2, -0.15) is 0 Å². The van der Waals surface area contributed by atoms with E-state index in [-0.39, 0.29) is 5.92 Å². The maximum Gasteiger partial charge on any atom is 0.229 e. The smallest absolute Gasteiger partial charge is 0.229 e. The van der Waals surface area contributed by atoms with Crippen LogP contribution in [0.3, 0.4) is 0 Å². The predicted octanol–water partition coefficient (Wildman–Crippen LogP) is 2.49. The van der Waals surface area contributed by atoms with Gasteiger partial charge in [-0.25, -0.2) is 8.42 Å². The number of sulfonamides is 1. The first-order chi connectivity index (χ1) is 12.4. The van der Waals surface area contributed by atoms with E-state index in [1.54, 1.807) is 12.1 Å². The number of benzene rings is 2. The molecule has 0 fully saturated rings. The van der Waals surface area contributed by atoms with Crippen molar-refractivity contribution in [1.29, 1.82) is 0 Å². The molecule has 0 heterocycles. The average molecular weight is 375 g/mol. The van der Waals surface area contributed by atoms with E-state index >= 15 is 0 Å². The molecule has 26 heavy (non-hydrogen) atoms. The Morgan fingerprint density at radius 3 is 2.58 bits per heavy atom. The number of fused-ring (bicyclic) bond motifs is 1. The molecule has 2 aromatic rings. The van der Waals surface area contributed by atoms with Crippen LogP contribution >= 0.6 is 0 Å². The molecule has 0 bridgehead atoms. The lowest BCUT2D eigenvalue weighted by molar-refractivity contribution is 0.0931. The Labute approximate surface area is 155 Å². The number of anilines is 1. The summed E-state index contributed by atoms with van der Waals surface area (Å²) in [5, 5.41) is 14.0. The number of aryl methyl sites for hydroxylation is 1. The Morgan fingerprint density at radius 1 is 1.12 bits per heavy atom. The summed E-state index contributed by atoms with van der Waals surface area (Å²) in [4.78, 5) is 0. The first-order valence-electron chi connectivity index (χ1n) is 8.96. The van der Waals surface area contributed by atoms with Crippen molar-refractivity contribution >= 4 is 15.7 Å². The second-order valence-corrected chi connectivity index (χ2v) is 8.72. The van der Waals surface area contributed by atoms with Crippen molar-refractivity contribution in [1.82, 2.24) is 5.32 Å². The third-order valence-corrected chi connectivity index (χ3v) is 5.47. The third-order valence-electron chi connectivity index (χ3n) is 4.86. The monoisotopic (exact) mass is 374 g/mol. The van der Waals surface area contributed by atoms with Crippen LogP contribution < -0.4 is 10.0 Å². The first-order valence-corrected chi connectivity index (χ1v) is 10.8. The van der Waals surface area contributed by atoms with Crippen LogP contribution in [-0.2, 0) is 22.9 Å². The first kappa shape index (κ1) is 18.9. The van der Waals surface area contributed by atoms with Gasteiger partial charge in [0, 0.05) is 18.2 Å². The molecule has 0 radical (unpaired) electrons. The lowest BCUT2D eigenvalue weighted by Crippen LogP contribution is -2.31. The van der Waals surface area contributed by atoms with Crippen molar-refractivity contribution in [3.8, 4) is 0 Å². The maximum atomic E-state index is 11.2. The third kappa shape index (κ3) is 5.06. The normalized spacial score (nSPS) is 19.8. The largest absolute Gasteiger partial charge is 0.388 e. The second kappa shape index (κ2) is 8.20. The van der Waals surface area contributed by atoms with Gasteiger partial charge in [0.05, 0.1) is 12.4 Å². The molecule has 1 aliphatic rings. The van der Waals surface area contributed by atoms with E-state index in [0.717, 1.165) is 49.7 Å². The molecular weight excluding hydrogens is 348 g/mol. The van der Waals surface area contributed by atoms with Gasteiger partial charge in [0.1, 0.15) is 0 Å². The van der Waals surface area contributed by atoms with Gasteiger partial charge in [0.2, 0.25) is 10.0 Å². The summed E-state index contributed by atoms with van der Waals surface area (Å²) in [6.07, 6.45) is 3.63. The molecule has 140 valence electrons. The average Bonchev–Trinajstić information content (AvgIpc) is 2.61. The summed E-state index contributed by atoms with van der Waals surface area (Å²) < 4.78 is 24.9. The molecule has 0 amide bonds. The Bertz CT molecular complexity index is 834. The fraction of sp³-hybridized carbons (Fsp3) is 0.400. The van der Waals surface area contributed by atoms with Crippen molar-refractivity contribution in [2.45, 2.75) is 25.4 Å². The van der Waals surface area contributed by atoms with Crippen LogP contribution in [0.2, 0.25) is 0 Å². The summed E-state index contributed by atoms with van der Waals surface area (Å²) in [6, 6.07) is 15.6. The Kier molecular flexibility index (Phi) is 5.96. The van der Waals surface area contributed by atoms with Crippen molar-refractivity contribution < 1.29 is 13.5 Å². The molecule has 2 aromatic carbocycles.